The van der Waals surface area contributed by atoms with Crippen molar-refractivity contribution in [2.45, 2.75) is 25.8 Å². The van der Waals surface area contributed by atoms with Crippen LogP contribution in [0.3, 0.4) is 0 Å². The summed E-state index contributed by atoms with van der Waals surface area (Å²) in [7, 11) is 0. The van der Waals surface area contributed by atoms with Crippen LogP contribution >= 0.6 is 0 Å². The van der Waals surface area contributed by atoms with E-state index in [0.717, 1.165) is 12.5 Å². The topological polar surface area (TPSA) is 49.3 Å². The van der Waals surface area contributed by atoms with Crippen molar-refractivity contribution >= 4 is 5.97 Å². The van der Waals surface area contributed by atoms with Gasteiger partial charge in [0.15, 0.2) is 0 Å². The summed E-state index contributed by atoms with van der Waals surface area (Å²) in [5, 5.41) is 11.4. The molecule has 0 heterocycles. The standard InChI is InChI=1S/C10H15NO2/c1-3-6-9(4-2)11-8-5-7-10(12)13/h1,5,7,9,11H,4,6,8H2,2H3,(H,12,13)/b7-5+. The molecule has 0 aliphatic heterocycles. The highest BCUT2D eigenvalue weighted by Crippen LogP contribution is 1.94. The molecule has 0 aliphatic rings. The number of carbonyl (C=O) groups is 1. The average Bonchev–Trinajstić information content (AvgIpc) is 2.10. The molecule has 0 aromatic rings. The molecular weight excluding hydrogens is 166 g/mol. The molecule has 0 spiro atoms. The fourth-order valence-corrected chi connectivity index (χ4v) is 0.898. The van der Waals surface area contributed by atoms with Gasteiger partial charge in [0.25, 0.3) is 0 Å². The molecule has 3 heteroatoms. The van der Waals surface area contributed by atoms with Crippen molar-refractivity contribution in [3.8, 4) is 12.3 Å². The van der Waals surface area contributed by atoms with E-state index in [0.29, 0.717) is 13.0 Å². The lowest BCUT2D eigenvalue weighted by Gasteiger charge is -2.11. The second-order valence-electron chi connectivity index (χ2n) is 2.66. The maximum absolute atomic E-state index is 10.1. The second-order valence-corrected chi connectivity index (χ2v) is 2.66. The predicted molar refractivity (Wildman–Crippen MR) is 52.3 cm³/mol. The summed E-state index contributed by atoms with van der Waals surface area (Å²) in [6.07, 6.45) is 9.47. The van der Waals surface area contributed by atoms with Crippen molar-refractivity contribution in [2.75, 3.05) is 6.54 Å². The molecule has 2 N–H and O–H groups in total. The number of hydrogen-bond acceptors (Lipinski definition) is 2. The number of nitrogens with one attached hydrogen (secondary N) is 1. The summed E-state index contributed by atoms with van der Waals surface area (Å²) in [5.74, 6) is 1.64. The lowest BCUT2D eigenvalue weighted by molar-refractivity contribution is -0.131. The first-order chi connectivity index (χ1) is 6.20. The number of carboxylic acid groups (broad SMARTS) is 1. The van der Waals surface area contributed by atoms with Crippen LogP contribution in [0.2, 0.25) is 0 Å². The number of carboxylic acids is 1. The normalized spacial score (nSPS) is 12.6. The Morgan fingerprint density at radius 1 is 1.77 bits per heavy atom. The number of terminal acetylenes is 1. The minimum atomic E-state index is -0.924. The third kappa shape index (κ3) is 7.10. The van der Waals surface area contributed by atoms with Crippen molar-refractivity contribution in [1.82, 2.24) is 5.32 Å². The van der Waals surface area contributed by atoms with Gasteiger partial charge in [0.05, 0.1) is 0 Å². The molecule has 72 valence electrons. The van der Waals surface area contributed by atoms with Gasteiger partial charge in [-0.15, -0.1) is 12.3 Å². The Kier molecular flexibility index (Phi) is 6.66. The van der Waals surface area contributed by atoms with Gasteiger partial charge in [-0.3, -0.25) is 0 Å². The zero-order valence-corrected chi connectivity index (χ0v) is 7.79. The zero-order chi connectivity index (χ0) is 10.1. The molecule has 13 heavy (non-hydrogen) atoms. The molecule has 0 amide bonds. The van der Waals surface area contributed by atoms with E-state index >= 15 is 0 Å². The van der Waals surface area contributed by atoms with Crippen molar-refractivity contribution < 1.29 is 9.90 Å². The minimum Gasteiger partial charge on any atom is -0.478 e. The molecular formula is C10H15NO2. The van der Waals surface area contributed by atoms with Crippen LogP contribution in [0.5, 0.6) is 0 Å². The van der Waals surface area contributed by atoms with E-state index in [1.165, 1.54) is 0 Å². The molecule has 0 saturated heterocycles. The maximum Gasteiger partial charge on any atom is 0.328 e. The highest BCUT2D eigenvalue weighted by Gasteiger charge is 2.00. The molecule has 1 unspecified atom stereocenters. The van der Waals surface area contributed by atoms with Crippen LogP contribution in [0.25, 0.3) is 0 Å². The van der Waals surface area contributed by atoms with Crippen molar-refractivity contribution in [3.63, 3.8) is 0 Å². The molecule has 0 radical (unpaired) electrons. The maximum atomic E-state index is 10.1. The van der Waals surface area contributed by atoms with Crippen LogP contribution < -0.4 is 5.32 Å². The predicted octanol–water partition coefficient (Wildman–Crippen LogP) is 1.02. The fourth-order valence-electron chi connectivity index (χ4n) is 0.898. The summed E-state index contributed by atoms with van der Waals surface area (Å²) in [5.41, 5.74) is 0. The van der Waals surface area contributed by atoms with Gasteiger partial charge in [-0.1, -0.05) is 13.0 Å². The van der Waals surface area contributed by atoms with E-state index in [1.54, 1.807) is 6.08 Å². The Morgan fingerprint density at radius 3 is 2.92 bits per heavy atom. The molecule has 0 aliphatic carbocycles. The quantitative estimate of drug-likeness (QED) is 0.475. The van der Waals surface area contributed by atoms with Gasteiger partial charge >= 0.3 is 5.97 Å². The van der Waals surface area contributed by atoms with Gasteiger partial charge in [-0.05, 0) is 6.42 Å². The largest absolute Gasteiger partial charge is 0.478 e. The molecule has 0 aromatic carbocycles. The van der Waals surface area contributed by atoms with E-state index in [9.17, 15) is 4.79 Å². The molecule has 0 saturated carbocycles. The Labute approximate surface area is 78.8 Å². The van der Waals surface area contributed by atoms with Crippen LogP contribution in [0.1, 0.15) is 19.8 Å². The van der Waals surface area contributed by atoms with E-state index in [4.69, 9.17) is 11.5 Å². The molecule has 3 nitrogen and oxygen atoms in total. The van der Waals surface area contributed by atoms with Gasteiger partial charge in [0.1, 0.15) is 0 Å². The summed E-state index contributed by atoms with van der Waals surface area (Å²) in [6, 6.07) is 0.281. The van der Waals surface area contributed by atoms with Crippen LogP contribution in [0, 0.1) is 12.3 Å². The van der Waals surface area contributed by atoms with Gasteiger partial charge in [-0.25, -0.2) is 4.79 Å². The monoisotopic (exact) mass is 181 g/mol. The first-order valence-corrected chi connectivity index (χ1v) is 4.27. The molecule has 0 rings (SSSR count). The van der Waals surface area contributed by atoms with Crippen molar-refractivity contribution in [3.05, 3.63) is 12.2 Å². The van der Waals surface area contributed by atoms with Gasteiger partial charge in [-0.2, -0.15) is 0 Å². The van der Waals surface area contributed by atoms with Crippen molar-refractivity contribution in [2.24, 2.45) is 0 Å². The third-order valence-electron chi connectivity index (χ3n) is 1.64. The first kappa shape index (κ1) is 11.7. The fraction of sp³-hybridized carbons (Fsp3) is 0.500. The minimum absolute atomic E-state index is 0.281. The second kappa shape index (κ2) is 7.38. The van der Waals surface area contributed by atoms with Crippen LogP contribution in [-0.2, 0) is 4.79 Å². The van der Waals surface area contributed by atoms with Crippen molar-refractivity contribution in [1.29, 1.82) is 0 Å². The molecule has 0 aromatic heterocycles. The Morgan fingerprint density at radius 2 is 2.46 bits per heavy atom. The first-order valence-electron chi connectivity index (χ1n) is 4.27. The van der Waals surface area contributed by atoms with E-state index in [2.05, 4.69) is 11.2 Å². The SMILES string of the molecule is C#CCC(CC)NC/C=C/C(=O)O. The lowest BCUT2D eigenvalue weighted by Crippen LogP contribution is -2.28. The zero-order valence-electron chi connectivity index (χ0n) is 7.79. The van der Waals surface area contributed by atoms with E-state index < -0.39 is 5.97 Å². The lowest BCUT2D eigenvalue weighted by atomic mass is 10.1. The van der Waals surface area contributed by atoms with Gasteiger partial charge < -0.3 is 10.4 Å². The highest BCUT2D eigenvalue weighted by atomic mass is 16.4. The van der Waals surface area contributed by atoms with Crippen LogP contribution in [0.4, 0.5) is 0 Å². The van der Waals surface area contributed by atoms with Crippen LogP contribution in [-0.4, -0.2) is 23.7 Å². The van der Waals surface area contributed by atoms with E-state index in [-0.39, 0.29) is 6.04 Å². The third-order valence-corrected chi connectivity index (χ3v) is 1.64. The average molecular weight is 181 g/mol. The number of aliphatic carboxylic acids is 1. The Balaban J connectivity index is 3.61. The summed E-state index contributed by atoms with van der Waals surface area (Å²) in [6.45, 7) is 2.59. The molecule has 0 fully saturated rings. The summed E-state index contributed by atoms with van der Waals surface area (Å²) >= 11 is 0. The Hall–Kier alpha value is -1.27. The van der Waals surface area contributed by atoms with Gasteiger partial charge in [0, 0.05) is 25.1 Å². The van der Waals surface area contributed by atoms with Gasteiger partial charge in [0.2, 0.25) is 0 Å². The highest BCUT2D eigenvalue weighted by molar-refractivity contribution is 5.79. The smallest absolute Gasteiger partial charge is 0.328 e. The summed E-state index contributed by atoms with van der Waals surface area (Å²) in [4.78, 5) is 10.1. The molecule has 0 bridgehead atoms. The number of rotatable bonds is 6. The molecule has 1 atom stereocenters. The summed E-state index contributed by atoms with van der Waals surface area (Å²) < 4.78 is 0. The Bertz CT molecular complexity index is 215. The van der Waals surface area contributed by atoms with E-state index in [1.807, 2.05) is 6.92 Å². The number of hydrogen-bond donors (Lipinski definition) is 2. The van der Waals surface area contributed by atoms with Crippen LogP contribution in [0.15, 0.2) is 12.2 Å².